The van der Waals surface area contributed by atoms with Crippen LogP contribution in [0.5, 0.6) is 11.6 Å². The molecule has 190 valence electrons. The van der Waals surface area contributed by atoms with E-state index in [1.54, 1.807) is 12.1 Å². The van der Waals surface area contributed by atoms with Crippen molar-refractivity contribution in [3.05, 3.63) is 124 Å². The van der Waals surface area contributed by atoms with E-state index in [-0.39, 0.29) is 42.9 Å². The number of carbonyl (C=O) groups excluding carboxylic acids is 1. The topological polar surface area (TPSA) is 107 Å². The first kappa shape index (κ1) is 25.8. The summed E-state index contributed by atoms with van der Waals surface area (Å²) in [5.41, 5.74) is 9.09. The third kappa shape index (κ3) is 6.91. The number of amides is 1. The fourth-order valence-electron chi connectivity index (χ4n) is 3.81. The van der Waals surface area contributed by atoms with E-state index in [4.69, 9.17) is 15.2 Å². The molecule has 8 heteroatoms. The molecular formula is C29H28FN3O4. The lowest BCUT2D eigenvalue weighted by Gasteiger charge is -2.20. The van der Waals surface area contributed by atoms with Gasteiger partial charge in [-0.05, 0) is 28.8 Å². The van der Waals surface area contributed by atoms with Crippen molar-refractivity contribution in [1.82, 2.24) is 10.3 Å². The Kier molecular flexibility index (Phi) is 8.80. The molecule has 4 rings (SSSR count). The van der Waals surface area contributed by atoms with Crippen molar-refractivity contribution < 1.29 is 23.8 Å². The van der Waals surface area contributed by atoms with E-state index in [1.807, 2.05) is 60.7 Å². The number of nitrogens with two attached hydrogens (primary N) is 1. The maximum Gasteiger partial charge on any atom is 0.271 e. The molecule has 0 spiro atoms. The fourth-order valence-corrected chi connectivity index (χ4v) is 3.81. The Bertz CT molecular complexity index is 1320. The molecule has 0 unspecified atom stereocenters. The second-order valence-electron chi connectivity index (χ2n) is 8.35. The van der Waals surface area contributed by atoms with Gasteiger partial charge in [0, 0.05) is 24.2 Å². The molecule has 0 bridgehead atoms. The highest BCUT2D eigenvalue weighted by Crippen LogP contribution is 2.33. The van der Waals surface area contributed by atoms with E-state index in [1.165, 1.54) is 12.1 Å². The summed E-state index contributed by atoms with van der Waals surface area (Å²) in [5.74, 6) is -0.827. The minimum absolute atomic E-state index is 0.115. The molecule has 0 saturated heterocycles. The molecule has 0 aliphatic heterocycles. The van der Waals surface area contributed by atoms with Crippen LogP contribution in [-0.4, -0.2) is 16.0 Å². The zero-order valence-electron chi connectivity index (χ0n) is 20.2. The Morgan fingerprint density at radius 3 is 1.97 bits per heavy atom. The lowest BCUT2D eigenvalue weighted by Crippen LogP contribution is -2.21. The standard InChI is InChI=1S/C29H28FN3O4/c30-23-13-11-20(12-14-23)15-32-16-24-25(17-34)27(36-18-21-7-3-1-4-8-21)26(28(31)35)33-29(24)37-19-22-9-5-2-6-10-22/h1-14,32,34H,15-19H2,(H2,31,35). The summed E-state index contributed by atoms with van der Waals surface area (Å²) in [6.07, 6.45) is 0. The van der Waals surface area contributed by atoms with Crippen molar-refractivity contribution in [3.63, 3.8) is 0 Å². The van der Waals surface area contributed by atoms with Gasteiger partial charge in [-0.25, -0.2) is 9.37 Å². The van der Waals surface area contributed by atoms with Crippen LogP contribution in [0.1, 0.15) is 38.3 Å². The van der Waals surface area contributed by atoms with E-state index in [9.17, 15) is 14.3 Å². The minimum Gasteiger partial charge on any atom is -0.486 e. The number of ether oxygens (including phenoxy) is 2. The van der Waals surface area contributed by atoms with Crippen LogP contribution in [0.2, 0.25) is 0 Å². The Morgan fingerprint density at radius 2 is 1.41 bits per heavy atom. The van der Waals surface area contributed by atoms with Crippen molar-refractivity contribution in [2.24, 2.45) is 5.73 Å². The second-order valence-corrected chi connectivity index (χ2v) is 8.35. The van der Waals surface area contributed by atoms with Gasteiger partial charge in [-0.15, -0.1) is 0 Å². The van der Waals surface area contributed by atoms with Crippen LogP contribution in [0.15, 0.2) is 84.9 Å². The molecule has 0 radical (unpaired) electrons. The first-order chi connectivity index (χ1) is 18.0. The van der Waals surface area contributed by atoms with Crippen molar-refractivity contribution in [2.75, 3.05) is 0 Å². The molecule has 0 fully saturated rings. The first-order valence-corrected chi connectivity index (χ1v) is 11.8. The summed E-state index contributed by atoms with van der Waals surface area (Å²) in [6, 6.07) is 25.1. The first-order valence-electron chi connectivity index (χ1n) is 11.8. The number of nitrogens with zero attached hydrogens (tertiary/aromatic N) is 1. The molecular weight excluding hydrogens is 473 g/mol. The van der Waals surface area contributed by atoms with Gasteiger partial charge in [0.05, 0.1) is 6.61 Å². The van der Waals surface area contributed by atoms with Gasteiger partial charge >= 0.3 is 0 Å². The van der Waals surface area contributed by atoms with E-state index in [2.05, 4.69) is 10.3 Å². The average molecular weight is 502 g/mol. The third-order valence-electron chi connectivity index (χ3n) is 5.70. The number of aliphatic hydroxyl groups is 1. The van der Waals surface area contributed by atoms with Crippen LogP contribution in [0.4, 0.5) is 4.39 Å². The summed E-state index contributed by atoms with van der Waals surface area (Å²) in [5, 5.41) is 13.6. The molecule has 0 aliphatic carbocycles. The minimum atomic E-state index is -0.798. The lowest BCUT2D eigenvalue weighted by atomic mass is 10.1. The van der Waals surface area contributed by atoms with Crippen molar-refractivity contribution in [2.45, 2.75) is 32.9 Å². The molecule has 37 heavy (non-hydrogen) atoms. The summed E-state index contributed by atoms with van der Waals surface area (Å²) in [4.78, 5) is 16.8. The molecule has 1 aromatic heterocycles. The highest BCUT2D eigenvalue weighted by molar-refractivity contribution is 5.94. The molecule has 1 amide bonds. The number of carbonyl (C=O) groups is 1. The lowest BCUT2D eigenvalue weighted by molar-refractivity contribution is 0.0988. The predicted octanol–water partition coefficient (Wildman–Crippen LogP) is 4.26. The van der Waals surface area contributed by atoms with Gasteiger partial charge < -0.3 is 25.6 Å². The molecule has 0 saturated carbocycles. The van der Waals surface area contributed by atoms with E-state index in [0.717, 1.165) is 16.7 Å². The molecule has 3 aromatic carbocycles. The number of aliphatic hydroxyl groups excluding tert-OH is 1. The van der Waals surface area contributed by atoms with E-state index in [0.29, 0.717) is 17.7 Å². The average Bonchev–Trinajstić information content (AvgIpc) is 2.93. The van der Waals surface area contributed by atoms with E-state index >= 15 is 0 Å². The van der Waals surface area contributed by atoms with Gasteiger partial charge in [-0.3, -0.25) is 4.79 Å². The Balaban J connectivity index is 1.66. The number of pyridine rings is 1. The zero-order chi connectivity index (χ0) is 26.0. The van der Waals surface area contributed by atoms with E-state index < -0.39 is 12.5 Å². The Labute approximate surface area is 214 Å². The van der Waals surface area contributed by atoms with Crippen molar-refractivity contribution in [1.29, 1.82) is 0 Å². The number of hydrogen-bond acceptors (Lipinski definition) is 6. The number of rotatable bonds is 12. The van der Waals surface area contributed by atoms with Crippen molar-refractivity contribution >= 4 is 5.91 Å². The highest BCUT2D eigenvalue weighted by Gasteiger charge is 2.24. The van der Waals surface area contributed by atoms with Gasteiger partial charge in [0.15, 0.2) is 11.4 Å². The summed E-state index contributed by atoms with van der Waals surface area (Å²) >= 11 is 0. The molecule has 0 atom stereocenters. The van der Waals surface area contributed by atoms with Crippen LogP contribution >= 0.6 is 0 Å². The maximum atomic E-state index is 13.3. The largest absolute Gasteiger partial charge is 0.486 e. The van der Waals surface area contributed by atoms with Gasteiger partial charge in [-0.1, -0.05) is 72.8 Å². The van der Waals surface area contributed by atoms with Gasteiger partial charge in [0.1, 0.15) is 19.0 Å². The molecule has 0 aliphatic rings. The highest BCUT2D eigenvalue weighted by atomic mass is 19.1. The van der Waals surface area contributed by atoms with Gasteiger partial charge in [0.25, 0.3) is 5.91 Å². The maximum absolute atomic E-state index is 13.3. The van der Waals surface area contributed by atoms with Crippen LogP contribution in [0.25, 0.3) is 0 Å². The quantitative estimate of drug-likeness (QED) is 0.268. The van der Waals surface area contributed by atoms with Crippen LogP contribution in [0, 0.1) is 5.82 Å². The molecule has 4 aromatic rings. The molecule has 7 nitrogen and oxygen atoms in total. The SMILES string of the molecule is NC(=O)c1nc(OCc2ccccc2)c(CNCc2ccc(F)cc2)c(CO)c1OCc1ccccc1. The molecule has 4 N–H and O–H groups in total. The Hall–Kier alpha value is -4.27. The monoisotopic (exact) mass is 501 g/mol. The third-order valence-corrected chi connectivity index (χ3v) is 5.70. The summed E-state index contributed by atoms with van der Waals surface area (Å²) in [6.45, 7) is 0.600. The Morgan fingerprint density at radius 1 is 0.811 bits per heavy atom. The van der Waals surface area contributed by atoms with Gasteiger partial charge in [-0.2, -0.15) is 0 Å². The second kappa shape index (κ2) is 12.6. The normalized spacial score (nSPS) is 10.8. The summed E-state index contributed by atoms with van der Waals surface area (Å²) in [7, 11) is 0. The number of primary amides is 1. The smallest absolute Gasteiger partial charge is 0.271 e. The summed E-state index contributed by atoms with van der Waals surface area (Å²) < 4.78 is 25.3. The van der Waals surface area contributed by atoms with Crippen molar-refractivity contribution in [3.8, 4) is 11.6 Å². The van der Waals surface area contributed by atoms with Crippen LogP contribution in [-0.2, 0) is 32.9 Å². The molecule has 1 heterocycles. The number of hydrogen-bond donors (Lipinski definition) is 3. The fraction of sp³-hybridized carbons (Fsp3) is 0.172. The predicted molar refractivity (Wildman–Crippen MR) is 137 cm³/mol. The number of aromatic nitrogens is 1. The van der Waals surface area contributed by atoms with Crippen LogP contribution in [0.3, 0.4) is 0 Å². The number of nitrogens with one attached hydrogen (secondary N) is 1. The number of benzene rings is 3. The van der Waals surface area contributed by atoms with Gasteiger partial charge in [0.2, 0.25) is 5.88 Å². The number of halogens is 1. The zero-order valence-corrected chi connectivity index (χ0v) is 20.2. The van der Waals surface area contributed by atoms with Crippen LogP contribution < -0.4 is 20.5 Å².